The Hall–Kier alpha value is -1.53. The highest BCUT2D eigenvalue weighted by molar-refractivity contribution is 7.79. The van der Waals surface area contributed by atoms with Gasteiger partial charge >= 0.3 is 0 Å². The SMILES string of the molecule is CCCCCCCCN(Cc1ccc(OCCN)c(OC)c1)C(O)=S. The number of nitrogens with zero attached hydrogens (tertiary/aromatic N) is 1. The van der Waals surface area contributed by atoms with Crippen LogP contribution in [0.15, 0.2) is 18.2 Å². The van der Waals surface area contributed by atoms with Gasteiger partial charge in [0.05, 0.1) is 7.11 Å². The van der Waals surface area contributed by atoms with Crippen molar-refractivity contribution in [3.63, 3.8) is 0 Å². The number of ether oxygens (including phenoxy) is 2. The van der Waals surface area contributed by atoms with E-state index in [0.717, 1.165) is 24.9 Å². The van der Waals surface area contributed by atoms with E-state index in [2.05, 4.69) is 6.92 Å². The van der Waals surface area contributed by atoms with E-state index < -0.39 is 0 Å². The van der Waals surface area contributed by atoms with Crippen LogP contribution in [0.25, 0.3) is 0 Å². The van der Waals surface area contributed by atoms with Crippen molar-refractivity contribution in [3.8, 4) is 11.5 Å². The van der Waals surface area contributed by atoms with Crippen LogP contribution in [0.3, 0.4) is 0 Å². The molecule has 0 atom stereocenters. The Balaban J connectivity index is 2.57. The van der Waals surface area contributed by atoms with Crippen molar-refractivity contribution in [2.24, 2.45) is 5.73 Å². The number of hydrogen-bond acceptors (Lipinski definition) is 4. The Morgan fingerprint density at radius 1 is 1.16 bits per heavy atom. The molecule has 0 aliphatic carbocycles. The molecule has 25 heavy (non-hydrogen) atoms. The first kappa shape index (κ1) is 21.5. The van der Waals surface area contributed by atoms with Gasteiger partial charge in [-0.15, -0.1) is 0 Å². The third-order valence-corrected chi connectivity index (χ3v) is 4.29. The third kappa shape index (κ3) is 8.40. The van der Waals surface area contributed by atoms with Crippen molar-refractivity contribution in [2.45, 2.75) is 52.0 Å². The second-order valence-corrected chi connectivity index (χ2v) is 6.46. The summed E-state index contributed by atoms with van der Waals surface area (Å²) in [7, 11) is 1.61. The zero-order valence-electron chi connectivity index (χ0n) is 15.5. The lowest BCUT2D eigenvalue weighted by atomic mass is 10.1. The maximum atomic E-state index is 9.80. The summed E-state index contributed by atoms with van der Waals surface area (Å²) in [5, 5.41) is 9.74. The summed E-state index contributed by atoms with van der Waals surface area (Å²) in [6, 6.07) is 5.74. The van der Waals surface area contributed by atoms with E-state index in [4.69, 9.17) is 27.4 Å². The van der Waals surface area contributed by atoms with Gasteiger partial charge in [0.15, 0.2) is 11.5 Å². The summed E-state index contributed by atoms with van der Waals surface area (Å²) < 4.78 is 10.9. The molecule has 1 rings (SSSR count). The van der Waals surface area contributed by atoms with Gasteiger partial charge in [0.2, 0.25) is 0 Å². The molecule has 0 unspecified atom stereocenters. The summed E-state index contributed by atoms with van der Waals surface area (Å²) in [6.45, 7) is 4.43. The first-order valence-electron chi connectivity index (χ1n) is 9.10. The van der Waals surface area contributed by atoms with Crippen LogP contribution in [-0.4, -0.2) is 42.0 Å². The first-order chi connectivity index (χ1) is 12.1. The normalized spacial score (nSPS) is 10.5. The van der Waals surface area contributed by atoms with Crippen LogP contribution in [0.2, 0.25) is 0 Å². The largest absolute Gasteiger partial charge is 0.493 e. The molecule has 0 aliphatic rings. The fourth-order valence-electron chi connectivity index (χ4n) is 2.64. The molecule has 0 amide bonds. The number of thiocarbonyl (C=S) groups is 1. The van der Waals surface area contributed by atoms with Crippen LogP contribution in [0, 0.1) is 0 Å². The Bertz CT molecular complexity index is 511. The quantitative estimate of drug-likeness (QED) is 0.405. The highest BCUT2D eigenvalue weighted by Crippen LogP contribution is 2.28. The topological polar surface area (TPSA) is 68.0 Å². The van der Waals surface area contributed by atoms with Gasteiger partial charge in [-0.3, -0.25) is 0 Å². The number of unbranched alkanes of at least 4 members (excludes halogenated alkanes) is 5. The molecular formula is C19H32N2O3S. The minimum Gasteiger partial charge on any atom is -0.493 e. The van der Waals surface area contributed by atoms with Gasteiger partial charge in [-0.25, -0.2) is 0 Å². The third-order valence-electron chi connectivity index (χ3n) is 4.03. The number of nitrogens with two attached hydrogens (primary N) is 1. The number of aliphatic hydroxyl groups is 1. The fourth-order valence-corrected chi connectivity index (χ4v) is 2.80. The number of benzene rings is 1. The monoisotopic (exact) mass is 368 g/mol. The number of methoxy groups -OCH3 is 1. The number of hydrogen-bond donors (Lipinski definition) is 2. The molecule has 5 nitrogen and oxygen atoms in total. The molecule has 0 bridgehead atoms. The molecule has 0 radical (unpaired) electrons. The highest BCUT2D eigenvalue weighted by Gasteiger charge is 2.11. The lowest BCUT2D eigenvalue weighted by molar-refractivity contribution is 0.301. The van der Waals surface area contributed by atoms with Crippen LogP contribution < -0.4 is 15.2 Å². The molecule has 0 aliphatic heterocycles. The van der Waals surface area contributed by atoms with E-state index in [1.54, 1.807) is 7.11 Å². The summed E-state index contributed by atoms with van der Waals surface area (Å²) >= 11 is 4.99. The highest BCUT2D eigenvalue weighted by atomic mass is 32.1. The number of aliphatic hydroxyl groups excluding tert-OH is 1. The molecule has 142 valence electrons. The Morgan fingerprint density at radius 2 is 1.88 bits per heavy atom. The molecule has 0 aromatic heterocycles. The van der Waals surface area contributed by atoms with E-state index in [9.17, 15) is 5.11 Å². The molecule has 0 saturated carbocycles. The summed E-state index contributed by atoms with van der Waals surface area (Å²) in [5.41, 5.74) is 6.48. The molecule has 6 heteroatoms. The zero-order valence-corrected chi connectivity index (χ0v) is 16.3. The predicted molar refractivity (Wildman–Crippen MR) is 107 cm³/mol. The van der Waals surface area contributed by atoms with Gasteiger partial charge in [0.25, 0.3) is 5.17 Å². The van der Waals surface area contributed by atoms with Gasteiger partial charge in [-0.2, -0.15) is 0 Å². The van der Waals surface area contributed by atoms with Gasteiger partial charge in [0, 0.05) is 19.6 Å². The molecule has 3 N–H and O–H groups in total. The zero-order chi connectivity index (χ0) is 18.5. The maximum Gasteiger partial charge on any atom is 0.257 e. The van der Waals surface area contributed by atoms with Gasteiger partial charge < -0.3 is 25.2 Å². The molecular weight excluding hydrogens is 336 g/mol. The molecule has 0 spiro atoms. The maximum absolute atomic E-state index is 9.80. The summed E-state index contributed by atoms with van der Waals surface area (Å²) in [5.74, 6) is 1.33. The lowest BCUT2D eigenvalue weighted by Gasteiger charge is -2.22. The second-order valence-electron chi connectivity index (χ2n) is 6.09. The second kappa shape index (κ2) is 12.8. The van der Waals surface area contributed by atoms with E-state index in [1.807, 2.05) is 23.1 Å². The Labute approximate surface area is 157 Å². The molecule has 1 aromatic carbocycles. The van der Waals surface area contributed by atoms with Crippen LogP contribution in [0.1, 0.15) is 51.0 Å². The van der Waals surface area contributed by atoms with Crippen molar-refractivity contribution in [1.29, 1.82) is 0 Å². The van der Waals surface area contributed by atoms with Gasteiger partial charge in [-0.1, -0.05) is 45.1 Å². The smallest absolute Gasteiger partial charge is 0.257 e. The van der Waals surface area contributed by atoms with Crippen molar-refractivity contribution in [1.82, 2.24) is 4.90 Å². The van der Waals surface area contributed by atoms with Gasteiger partial charge in [0.1, 0.15) is 6.61 Å². The Kier molecular flexibility index (Phi) is 11.0. The molecule has 0 fully saturated rings. The fraction of sp³-hybridized carbons (Fsp3) is 0.632. The first-order valence-corrected chi connectivity index (χ1v) is 9.50. The Morgan fingerprint density at radius 3 is 2.52 bits per heavy atom. The predicted octanol–water partition coefficient (Wildman–Crippen LogP) is 4.04. The van der Waals surface area contributed by atoms with Gasteiger partial charge in [-0.05, 0) is 36.3 Å². The van der Waals surface area contributed by atoms with Crippen LogP contribution in [0.4, 0.5) is 0 Å². The minimum absolute atomic E-state index is 0.0593. The summed E-state index contributed by atoms with van der Waals surface area (Å²) in [6.07, 6.45) is 7.25. The van der Waals surface area contributed by atoms with Crippen molar-refractivity contribution in [3.05, 3.63) is 23.8 Å². The minimum atomic E-state index is -0.0593. The molecule has 0 heterocycles. The van der Waals surface area contributed by atoms with E-state index in [-0.39, 0.29) is 5.17 Å². The van der Waals surface area contributed by atoms with E-state index >= 15 is 0 Å². The van der Waals surface area contributed by atoms with Crippen molar-refractivity contribution in [2.75, 3.05) is 26.8 Å². The van der Waals surface area contributed by atoms with Crippen molar-refractivity contribution >= 4 is 17.4 Å². The average molecular weight is 369 g/mol. The molecule has 1 aromatic rings. The van der Waals surface area contributed by atoms with Crippen LogP contribution >= 0.6 is 12.2 Å². The standard InChI is InChI=1S/C19H32N2O3S/c1-3-4-5-6-7-8-12-21(19(22)25)15-16-9-10-17(24-13-11-20)18(14-16)23-2/h9-10,14H,3-8,11-13,15,20H2,1-2H3,(H,22,25). The molecule has 0 saturated heterocycles. The summed E-state index contributed by atoms with van der Waals surface area (Å²) in [4.78, 5) is 1.82. The van der Waals surface area contributed by atoms with Crippen molar-refractivity contribution < 1.29 is 14.6 Å². The average Bonchev–Trinajstić information content (AvgIpc) is 2.62. The van der Waals surface area contributed by atoms with Crippen LogP contribution in [0.5, 0.6) is 11.5 Å². The number of rotatable bonds is 13. The van der Waals surface area contributed by atoms with E-state index in [0.29, 0.717) is 31.2 Å². The lowest BCUT2D eigenvalue weighted by Crippen LogP contribution is -2.29. The van der Waals surface area contributed by atoms with E-state index in [1.165, 1.54) is 25.7 Å². The van der Waals surface area contributed by atoms with Crippen LogP contribution in [-0.2, 0) is 6.54 Å².